The number of amides is 1. The van der Waals surface area contributed by atoms with E-state index in [2.05, 4.69) is 15.5 Å². The van der Waals surface area contributed by atoms with Gasteiger partial charge in [0.25, 0.3) is 0 Å². The van der Waals surface area contributed by atoms with Crippen LogP contribution in [0, 0.1) is 0 Å². The topological polar surface area (TPSA) is 69.0 Å². The van der Waals surface area contributed by atoms with Crippen LogP contribution in [-0.2, 0) is 4.79 Å². The van der Waals surface area contributed by atoms with Gasteiger partial charge < -0.3 is 10.1 Å². The van der Waals surface area contributed by atoms with E-state index in [1.54, 1.807) is 7.11 Å². The van der Waals surface area contributed by atoms with Crippen LogP contribution in [0.25, 0.3) is 17.1 Å². The number of nitrogens with one attached hydrogen (secondary N) is 1. The van der Waals surface area contributed by atoms with Crippen LogP contribution in [0.2, 0.25) is 5.02 Å². The normalized spacial score (nSPS) is 10.6. The molecule has 0 aliphatic rings. The second kappa shape index (κ2) is 8.92. The predicted molar refractivity (Wildman–Crippen MR) is 108 cm³/mol. The van der Waals surface area contributed by atoms with E-state index in [1.165, 1.54) is 11.8 Å². The molecule has 0 aliphatic carbocycles. The van der Waals surface area contributed by atoms with E-state index in [9.17, 15) is 4.79 Å². The van der Waals surface area contributed by atoms with Crippen molar-refractivity contribution in [3.63, 3.8) is 0 Å². The van der Waals surface area contributed by atoms with Crippen LogP contribution in [0.5, 0.6) is 5.75 Å². The molecular weight excluding hydrogens is 384 g/mol. The van der Waals surface area contributed by atoms with Gasteiger partial charge in [-0.05, 0) is 43.3 Å². The first-order valence-corrected chi connectivity index (χ1v) is 9.74. The van der Waals surface area contributed by atoms with Crippen molar-refractivity contribution < 1.29 is 9.53 Å². The van der Waals surface area contributed by atoms with E-state index < -0.39 is 0 Å². The summed E-state index contributed by atoms with van der Waals surface area (Å²) in [4.78, 5) is 11.8. The SMILES string of the molecule is CCNC(=O)CSc1nnc(-c2cccc(OC)c2)n1-c1ccc(Cl)cc1. The maximum atomic E-state index is 11.8. The number of nitrogens with zero attached hydrogens (tertiary/aromatic N) is 3. The zero-order chi connectivity index (χ0) is 19.2. The fraction of sp³-hybridized carbons (Fsp3) is 0.211. The van der Waals surface area contributed by atoms with Gasteiger partial charge in [0, 0.05) is 22.8 Å². The lowest BCUT2D eigenvalue weighted by Gasteiger charge is -2.11. The maximum Gasteiger partial charge on any atom is 0.230 e. The molecule has 0 radical (unpaired) electrons. The number of rotatable bonds is 7. The van der Waals surface area contributed by atoms with Gasteiger partial charge >= 0.3 is 0 Å². The number of halogens is 1. The molecule has 0 aliphatic heterocycles. The lowest BCUT2D eigenvalue weighted by Crippen LogP contribution is -2.24. The zero-order valence-corrected chi connectivity index (χ0v) is 16.5. The molecule has 1 aromatic heterocycles. The van der Waals surface area contributed by atoms with Crippen molar-refractivity contribution in [1.82, 2.24) is 20.1 Å². The number of benzene rings is 2. The summed E-state index contributed by atoms with van der Waals surface area (Å²) in [6.45, 7) is 2.48. The summed E-state index contributed by atoms with van der Waals surface area (Å²) in [7, 11) is 1.62. The molecule has 3 rings (SSSR count). The number of hydrogen-bond donors (Lipinski definition) is 1. The minimum atomic E-state index is -0.0453. The third kappa shape index (κ3) is 4.61. The molecule has 0 spiro atoms. The van der Waals surface area contributed by atoms with Crippen molar-refractivity contribution in [2.24, 2.45) is 0 Å². The molecule has 0 saturated heterocycles. The van der Waals surface area contributed by atoms with E-state index in [-0.39, 0.29) is 11.7 Å². The van der Waals surface area contributed by atoms with Gasteiger partial charge in [-0.1, -0.05) is 35.5 Å². The highest BCUT2D eigenvalue weighted by molar-refractivity contribution is 7.99. The van der Waals surface area contributed by atoms with Crippen LogP contribution in [0.15, 0.2) is 53.7 Å². The Morgan fingerprint density at radius 1 is 1.22 bits per heavy atom. The first kappa shape index (κ1) is 19.3. The highest BCUT2D eigenvalue weighted by Gasteiger charge is 2.17. The largest absolute Gasteiger partial charge is 0.497 e. The zero-order valence-electron chi connectivity index (χ0n) is 15.0. The van der Waals surface area contributed by atoms with Crippen LogP contribution < -0.4 is 10.1 Å². The second-order valence-corrected chi connectivity index (χ2v) is 6.97. The number of ether oxygens (including phenoxy) is 1. The molecule has 6 nitrogen and oxygen atoms in total. The van der Waals surface area contributed by atoms with Crippen molar-refractivity contribution in [2.45, 2.75) is 12.1 Å². The molecule has 0 fully saturated rings. The number of methoxy groups -OCH3 is 1. The summed E-state index contributed by atoms with van der Waals surface area (Å²) in [5, 5.41) is 12.7. The second-order valence-electron chi connectivity index (χ2n) is 5.59. The van der Waals surface area contributed by atoms with Crippen LogP contribution in [0.1, 0.15) is 6.92 Å². The molecule has 3 aromatic rings. The van der Waals surface area contributed by atoms with Crippen LogP contribution in [-0.4, -0.2) is 40.1 Å². The van der Waals surface area contributed by atoms with Gasteiger partial charge in [0.05, 0.1) is 12.9 Å². The van der Waals surface area contributed by atoms with E-state index in [4.69, 9.17) is 16.3 Å². The minimum Gasteiger partial charge on any atom is -0.497 e. The first-order valence-electron chi connectivity index (χ1n) is 8.37. The van der Waals surface area contributed by atoms with Crippen LogP contribution in [0.3, 0.4) is 0 Å². The lowest BCUT2D eigenvalue weighted by atomic mass is 10.2. The average Bonchev–Trinajstić information content (AvgIpc) is 3.11. The molecule has 8 heteroatoms. The highest BCUT2D eigenvalue weighted by atomic mass is 35.5. The Hall–Kier alpha value is -2.51. The van der Waals surface area contributed by atoms with Gasteiger partial charge in [-0.15, -0.1) is 10.2 Å². The maximum absolute atomic E-state index is 11.8. The summed E-state index contributed by atoms with van der Waals surface area (Å²) in [5.74, 6) is 1.61. The summed E-state index contributed by atoms with van der Waals surface area (Å²) in [6.07, 6.45) is 0. The molecule has 1 heterocycles. The molecule has 1 amide bonds. The molecule has 1 N–H and O–H groups in total. The van der Waals surface area contributed by atoms with E-state index in [0.29, 0.717) is 22.5 Å². The summed E-state index contributed by atoms with van der Waals surface area (Å²) in [5.41, 5.74) is 1.72. The van der Waals surface area contributed by atoms with Gasteiger partial charge in [0.1, 0.15) is 5.75 Å². The Balaban J connectivity index is 2.02. The number of aromatic nitrogens is 3. The molecule has 0 atom stereocenters. The Morgan fingerprint density at radius 3 is 2.70 bits per heavy atom. The Labute approximate surface area is 166 Å². The number of hydrogen-bond acceptors (Lipinski definition) is 5. The van der Waals surface area contributed by atoms with Crippen molar-refractivity contribution in [3.8, 4) is 22.8 Å². The van der Waals surface area contributed by atoms with Crippen molar-refractivity contribution in [1.29, 1.82) is 0 Å². The van der Waals surface area contributed by atoms with Gasteiger partial charge in [-0.3, -0.25) is 9.36 Å². The number of carbonyl (C=O) groups excluding carboxylic acids is 1. The smallest absolute Gasteiger partial charge is 0.230 e. The van der Waals surface area contributed by atoms with Crippen molar-refractivity contribution >= 4 is 29.3 Å². The Bertz CT molecular complexity index is 928. The molecular formula is C19H19ClN4O2S. The van der Waals surface area contributed by atoms with E-state index >= 15 is 0 Å². The monoisotopic (exact) mass is 402 g/mol. The fourth-order valence-corrected chi connectivity index (χ4v) is 3.42. The van der Waals surface area contributed by atoms with Gasteiger partial charge in [-0.2, -0.15) is 0 Å². The summed E-state index contributed by atoms with van der Waals surface area (Å²) < 4.78 is 7.23. The standard InChI is InChI=1S/C19H19ClN4O2S/c1-3-21-17(25)12-27-19-23-22-18(13-5-4-6-16(11-13)26-2)24(19)15-9-7-14(20)8-10-15/h4-11H,3,12H2,1-2H3,(H,21,25). The molecule has 27 heavy (non-hydrogen) atoms. The van der Waals surface area contributed by atoms with E-state index in [1.807, 2.05) is 60.0 Å². The van der Waals surface area contributed by atoms with Crippen LogP contribution >= 0.6 is 23.4 Å². The fourth-order valence-electron chi connectivity index (χ4n) is 2.51. The Kier molecular flexibility index (Phi) is 6.36. The Morgan fingerprint density at radius 2 is 2.00 bits per heavy atom. The highest BCUT2D eigenvalue weighted by Crippen LogP contribution is 2.30. The third-order valence-electron chi connectivity index (χ3n) is 3.75. The average molecular weight is 403 g/mol. The number of carbonyl (C=O) groups is 1. The summed E-state index contributed by atoms with van der Waals surface area (Å²) >= 11 is 7.36. The van der Waals surface area contributed by atoms with Crippen molar-refractivity contribution in [2.75, 3.05) is 19.4 Å². The van der Waals surface area contributed by atoms with Crippen LogP contribution in [0.4, 0.5) is 0 Å². The molecule has 0 unspecified atom stereocenters. The van der Waals surface area contributed by atoms with Gasteiger partial charge in [0.15, 0.2) is 11.0 Å². The third-order valence-corrected chi connectivity index (χ3v) is 4.93. The first-order chi connectivity index (χ1) is 13.1. The lowest BCUT2D eigenvalue weighted by molar-refractivity contribution is -0.118. The van der Waals surface area contributed by atoms with E-state index in [0.717, 1.165) is 17.0 Å². The minimum absolute atomic E-state index is 0.0453. The number of thioether (sulfide) groups is 1. The quantitative estimate of drug-likeness (QED) is 0.608. The van der Waals surface area contributed by atoms with Gasteiger partial charge in [-0.25, -0.2) is 0 Å². The molecule has 0 bridgehead atoms. The summed E-state index contributed by atoms with van der Waals surface area (Å²) in [6, 6.07) is 15.0. The molecule has 2 aromatic carbocycles. The van der Waals surface area contributed by atoms with Crippen molar-refractivity contribution in [3.05, 3.63) is 53.6 Å². The molecule has 140 valence electrons. The van der Waals surface area contributed by atoms with Gasteiger partial charge in [0.2, 0.25) is 5.91 Å². The predicted octanol–water partition coefficient (Wildman–Crippen LogP) is 3.82. The molecule has 0 saturated carbocycles.